The number of fused-ring (bicyclic) bond motifs is 4. The molecule has 7 rings (SSSR count). The second-order valence-electron chi connectivity index (χ2n) is 8.73. The van der Waals surface area contributed by atoms with Crippen LogP contribution in [-0.4, -0.2) is 25.0 Å². The van der Waals surface area contributed by atoms with Gasteiger partial charge in [0.15, 0.2) is 5.79 Å². The molecular weight excluding hydrogens is 322 g/mol. The van der Waals surface area contributed by atoms with E-state index in [-0.39, 0.29) is 18.2 Å². The molecule has 2 bridgehead atoms. The third-order valence-electron chi connectivity index (χ3n) is 8.50. The van der Waals surface area contributed by atoms with Crippen molar-refractivity contribution in [3.05, 3.63) is 35.9 Å². The van der Waals surface area contributed by atoms with Gasteiger partial charge in [0.2, 0.25) is 0 Å². The highest BCUT2D eigenvalue weighted by atomic mass is 35.5. The topological polar surface area (TPSA) is 30.5 Å². The number of halogens is 1. The molecule has 6 aliphatic rings. The van der Waals surface area contributed by atoms with Gasteiger partial charge in [0, 0.05) is 24.4 Å². The Morgan fingerprint density at radius 2 is 1.71 bits per heavy atom. The summed E-state index contributed by atoms with van der Waals surface area (Å²) in [5.74, 6) is 6.67. The quantitative estimate of drug-likeness (QED) is 0.913. The lowest BCUT2D eigenvalue weighted by molar-refractivity contribution is -0.264. The van der Waals surface area contributed by atoms with Gasteiger partial charge >= 0.3 is 0 Å². The van der Waals surface area contributed by atoms with Crippen LogP contribution in [0.3, 0.4) is 0 Å². The molecule has 3 nitrogen and oxygen atoms in total. The first-order chi connectivity index (χ1) is 11.4. The van der Waals surface area contributed by atoms with Gasteiger partial charge in [-0.2, -0.15) is 0 Å². The molecule has 24 heavy (non-hydrogen) atoms. The zero-order valence-corrected chi connectivity index (χ0v) is 14.5. The third kappa shape index (κ3) is 1.34. The van der Waals surface area contributed by atoms with Crippen molar-refractivity contribution in [1.82, 2.24) is 5.32 Å². The van der Waals surface area contributed by atoms with E-state index in [1.54, 1.807) is 0 Å². The minimum Gasteiger partial charge on any atom is -0.347 e. The van der Waals surface area contributed by atoms with E-state index in [1.165, 1.54) is 12.0 Å². The highest BCUT2D eigenvalue weighted by molar-refractivity contribution is 5.85. The Labute approximate surface area is 148 Å². The first kappa shape index (κ1) is 14.5. The highest BCUT2D eigenvalue weighted by Gasteiger charge is 2.88. The highest BCUT2D eigenvalue weighted by Crippen LogP contribution is 2.86. The number of hydrogen-bond acceptors (Lipinski definition) is 3. The SMILES string of the molecule is Cl.c1ccc(CNC2C3C4CC5C6C4C2C6C2(OCCO2)C53)cc1. The Hall–Kier alpha value is -0.610. The summed E-state index contributed by atoms with van der Waals surface area (Å²) in [6.07, 6.45) is 1.47. The zero-order valence-electron chi connectivity index (χ0n) is 13.6. The maximum atomic E-state index is 6.32. The summed E-state index contributed by atoms with van der Waals surface area (Å²) in [4.78, 5) is 0. The van der Waals surface area contributed by atoms with Crippen LogP contribution in [0, 0.1) is 47.3 Å². The Kier molecular flexibility index (Phi) is 2.77. The van der Waals surface area contributed by atoms with E-state index in [9.17, 15) is 0 Å². The van der Waals surface area contributed by atoms with Gasteiger partial charge in [-0.3, -0.25) is 0 Å². The van der Waals surface area contributed by atoms with Gasteiger partial charge in [0.1, 0.15) is 0 Å². The zero-order chi connectivity index (χ0) is 14.8. The average molecular weight is 346 g/mol. The van der Waals surface area contributed by atoms with Gasteiger partial charge in [0.05, 0.1) is 13.2 Å². The summed E-state index contributed by atoms with van der Waals surface area (Å²) in [7, 11) is 0. The van der Waals surface area contributed by atoms with E-state index in [1.807, 2.05) is 0 Å². The maximum Gasteiger partial charge on any atom is 0.175 e. The van der Waals surface area contributed by atoms with Gasteiger partial charge in [0.25, 0.3) is 0 Å². The lowest BCUT2D eigenvalue weighted by atomic mass is 9.57. The van der Waals surface area contributed by atoms with Crippen molar-refractivity contribution in [2.45, 2.75) is 24.8 Å². The summed E-state index contributed by atoms with van der Waals surface area (Å²) in [5.41, 5.74) is 1.41. The molecule has 128 valence electrons. The lowest BCUT2D eigenvalue weighted by Gasteiger charge is -2.54. The van der Waals surface area contributed by atoms with Crippen molar-refractivity contribution >= 4 is 12.4 Å². The average Bonchev–Trinajstić information content (AvgIpc) is 3.24. The molecule has 1 aromatic rings. The largest absolute Gasteiger partial charge is 0.347 e. The molecule has 1 saturated heterocycles. The molecule has 1 aliphatic heterocycles. The number of nitrogens with one attached hydrogen (secondary N) is 1. The van der Waals surface area contributed by atoms with Crippen LogP contribution in [0.4, 0.5) is 0 Å². The van der Waals surface area contributed by atoms with E-state index in [0.29, 0.717) is 17.9 Å². The Morgan fingerprint density at radius 3 is 2.50 bits per heavy atom. The number of rotatable bonds is 3. The fourth-order valence-corrected chi connectivity index (χ4v) is 8.42. The molecule has 9 unspecified atom stereocenters. The first-order valence-corrected chi connectivity index (χ1v) is 9.45. The van der Waals surface area contributed by atoms with Crippen molar-refractivity contribution in [1.29, 1.82) is 0 Å². The van der Waals surface area contributed by atoms with Crippen molar-refractivity contribution in [2.24, 2.45) is 47.3 Å². The van der Waals surface area contributed by atoms with Crippen LogP contribution in [0.15, 0.2) is 30.3 Å². The van der Waals surface area contributed by atoms with Gasteiger partial charge < -0.3 is 14.8 Å². The Morgan fingerprint density at radius 1 is 0.917 bits per heavy atom. The molecule has 5 saturated carbocycles. The van der Waals surface area contributed by atoms with Crippen LogP contribution in [0.25, 0.3) is 0 Å². The Balaban J connectivity index is 0.00000120. The van der Waals surface area contributed by atoms with E-state index in [0.717, 1.165) is 55.3 Å². The smallest absolute Gasteiger partial charge is 0.175 e. The molecular formula is C20H24ClNO2. The fraction of sp³-hybridized carbons (Fsp3) is 0.700. The number of ether oxygens (including phenoxy) is 2. The van der Waals surface area contributed by atoms with Gasteiger partial charge in [-0.05, 0) is 47.5 Å². The van der Waals surface area contributed by atoms with Crippen molar-refractivity contribution in [3.8, 4) is 0 Å². The van der Waals surface area contributed by atoms with E-state index < -0.39 is 0 Å². The normalized spacial score (nSPS) is 52.9. The molecule has 1 aromatic carbocycles. The molecule has 0 amide bonds. The predicted molar refractivity (Wildman–Crippen MR) is 91.5 cm³/mol. The van der Waals surface area contributed by atoms with Crippen molar-refractivity contribution in [2.75, 3.05) is 13.2 Å². The minimum atomic E-state index is -0.155. The summed E-state index contributed by atoms with van der Waals surface area (Å²) in [6, 6.07) is 11.6. The lowest BCUT2D eigenvalue weighted by Crippen LogP contribution is -2.62. The summed E-state index contributed by atoms with van der Waals surface area (Å²) < 4.78 is 12.6. The van der Waals surface area contributed by atoms with Crippen LogP contribution in [0.1, 0.15) is 12.0 Å². The van der Waals surface area contributed by atoms with Gasteiger partial charge in [-0.25, -0.2) is 0 Å². The van der Waals surface area contributed by atoms with Crippen LogP contribution < -0.4 is 5.32 Å². The molecule has 9 atom stereocenters. The van der Waals surface area contributed by atoms with Gasteiger partial charge in [-0.1, -0.05) is 30.3 Å². The van der Waals surface area contributed by atoms with Crippen molar-refractivity contribution in [3.63, 3.8) is 0 Å². The van der Waals surface area contributed by atoms with Gasteiger partial charge in [-0.15, -0.1) is 12.4 Å². The monoisotopic (exact) mass is 345 g/mol. The van der Waals surface area contributed by atoms with E-state index >= 15 is 0 Å². The molecule has 1 spiro atoms. The molecule has 0 aromatic heterocycles. The molecule has 5 aliphatic carbocycles. The summed E-state index contributed by atoms with van der Waals surface area (Å²) >= 11 is 0. The van der Waals surface area contributed by atoms with Crippen LogP contribution in [-0.2, 0) is 16.0 Å². The molecule has 0 radical (unpaired) electrons. The fourth-order valence-electron chi connectivity index (χ4n) is 8.42. The second-order valence-corrected chi connectivity index (χ2v) is 8.73. The van der Waals surface area contributed by atoms with E-state index in [4.69, 9.17) is 9.47 Å². The summed E-state index contributed by atoms with van der Waals surface area (Å²) in [5, 5.41) is 3.97. The molecule has 6 fully saturated rings. The van der Waals surface area contributed by atoms with Crippen LogP contribution >= 0.6 is 12.4 Å². The molecule has 1 N–H and O–H groups in total. The minimum absolute atomic E-state index is 0. The van der Waals surface area contributed by atoms with Crippen LogP contribution in [0.5, 0.6) is 0 Å². The maximum absolute atomic E-state index is 6.32. The number of hydrogen-bond donors (Lipinski definition) is 1. The first-order valence-electron chi connectivity index (χ1n) is 9.45. The second kappa shape index (κ2) is 4.56. The predicted octanol–water partition coefficient (Wildman–Crippen LogP) is 2.70. The van der Waals surface area contributed by atoms with E-state index in [2.05, 4.69) is 35.6 Å². The third-order valence-corrected chi connectivity index (χ3v) is 8.50. The molecule has 1 heterocycles. The standard InChI is InChI=1S/C20H23NO2.ClH/c1-2-4-10(5-3-1)9-21-19-15-11-8-12-14-13(11)16(19)18(14)20(17(12)15)22-6-7-23-20;/h1-5,11-19,21H,6-9H2;1H. The van der Waals surface area contributed by atoms with Crippen LogP contribution in [0.2, 0.25) is 0 Å². The van der Waals surface area contributed by atoms with Crippen molar-refractivity contribution < 1.29 is 9.47 Å². The Bertz CT molecular complexity index is 675. The molecule has 4 heteroatoms. The number of benzene rings is 1. The summed E-state index contributed by atoms with van der Waals surface area (Å²) in [6.45, 7) is 2.66.